The van der Waals surface area contributed by atoms with Crippen molar-refractivity contribution in [3.8, 4) is 0 Å². The van der Waals surface area contributed by atoms with Crippen molar-refractivity contribution in [1.82, 2.24) is 9.97 Å². The number of anilines is 2. The average Bonchev–Trinajstić information content (AvgIpc) is 2.67. The molecule has 0 unspecified atom stereocenters. The number of carbonyl (C=O) groups is 1. The van der Waals surface area contributed by atoms with Crippen LogP contribution >= 0.6 is 23.4 Å². The van der Waals surface area contributed by atoms with Gasteiger partial charge in [-0.05, 0) is 23.8 Å². The van der Waals surface area contributed by atoms with E-state index >= 15 is 0 Å². The summed E-state index contributed by atoms with van der Waals surface area (Å²) in [6.45, 7) is 0.565. The minimum Gasteiger partial charge on any atom is -0.366 e. The number of nitrogens with zero attached hydrogens (tertiary/aromatic N) is 2. The van der Waals surface area contributed by atoms with Crippen molar-refractivity contribution in [3.63, 3.8) is 0 Å². The van der Waals surface area contributed by atoms with E-state index < -0.39 is 0 Å². The van der Waals surface area contributed by atoms with Crippen LogP contribution in [0.2, 0.25) is 5.02 Å². The molecule has 2 aromatic carbocycles. The molecule has 0 fully saturated rings. The Morgan fingerprint density at radius 2 is 1.81 bits per heavy atom. The lowest BCUT2D eigenvalue weighted by Crippen LogP contribution is -2.14. The molecule has 0 aliphatic carbocycles. The summed E-state index contributed by atoms with van der Waals surface area (Å²) in [4.78, 5) is 20.4. The molecule has 5 nitrogen and oxygen atoms in total. The fraction of sp³-hybridized carbons (Fsp3) is 0.105. The topological polar surface area (TPSA) is 66.9 Å². The number of hydrogen-bond acceptors (Lipinski definition) is 5. The van der Waals surface area contributed by atoms with Crippen LogP contribution in [0.1, 0.15) is 5.56 Å². The number of rotatable bonds is 7. The molecule has 132 valence electrons. The Morgan fingerprint density at radius 1 is 1.04 bits per heavy atom. The van der Waals surface area contributed by atoms with Crippen molar-refractivity contribution in [3.05, 3.63) is 77.6 Å². The largest absolute Gasteiger partial charge is 0.366 e. The van der Waals surface area contributed by atoms with Crippen LogP contribution in [-0.4, -0.2) is 21.6 Å². The summed E-state index contributed by atoms with van der Waals surface area (Å²) in [7, 11) is 0. The van der Waals surface area contributed by atoms with Crippen molar-refractivity contribution < 1.29 is 4.79 Å². The fourth-order valence-corrected chi connectivity index (χ4v) is 3.07. The molecule has 0 radical (unpaired) electrons. The number of thioether (sulfide) groups is 1. The average molecular weight is 385 g/mol. The second kappa shape index (κ2) is 9.22. The predicted molar refractivity (Wildman–Crippen MR) is 107 cm³/mol. The summed E-state index contributed by atoms with van der Waals surface area (Å²) in [6, 6.07) is 18.8. The zero-order valence-corrected chi connectivity index (χ0v) is 15.4. The van der Waals surface area contributed by atoms with Crippen LogP contribution < -0.4 is 10.6 Å². The highest BCUT2D eigenvalue weighted by Crippen LogP contribution is 2.20. The molecule has 3 rings (SSSR count). The van der Waals surface area contributed by atoms with Crippen LogP contribution in [0.25, 0.3) is 0 Å². The van der Waals surface area contributed by atoms with Gasteiger partial charge in [0, 0.05) is 23.3 Å². The molecule has 0 aliphatic heterocycles. The second-order valence-corrected chi connectivity index (χ2v) is 6.79. The lowest BCUT2D eigenvalue weighted by atomic mass is 10.2. The molecular weight excluding hydrogens is 368 g/mol. The normalized spacial score (nSPS) is 10.3. The van der Waals surface area contributed by atoms with E-state index in [1.165, 1.54) is 18.1 Å². The summed E-state index contributed by atoms with van der Waals surface area (Å²) in [5.41, 5.74) is 1.77. The van der Waals surface area contributed by atoms with Gasteiger partial charge in [0.05, 0.1) is 5.75 Å². The molecule has 3 aromatic rings. The summed E-state index contributed by atoms with van der Waals surface area (Å²) in [5.74, 6) is 0.881. The maximum absolute atomic E-state index is 12.0. The third-order valence-electron chi connectivity index (χ3n) is 3.47. The van der Waals surface area contributed by atoms with E-state index in [0.29, 0.717) is 17.4 Å². The first-order valence-corrected chi connectivity index (χ1v) is 9.34. The van der Waals surface area contributed by atoms with Crippen molar-refractivity contribution in [2.75, 3.05) is 16.4 Å². The lowest BCUT2D eigenvalue weighted by molar-refractivity contribution is -0.113. The molecule has 1 amide bonds. The van der Waals surface area contributed by atoms with Crippen LogP contribution in [0, 0.1) is 0 Å². The molecule has 0 aliphatic rings. The summed E-state index contributed by atoms with van der Waals surface area (Å²) < 4.78 is 0. The lowest BCUT2D eigenvalue weighted by Gasteiger charge is -2.08. The second-order valence-electron chi connectivity index (χ2n) is 5.39. The van der Waals surface area contributed by atoms with E-state index in [9.17, 15) is 4.79 Å². The van der Waals surface area contributed by atoms with Gasteiger partial charge in [0.25, 0.3) is 0 Å². The van der Waals surface area contributed by atoms with Crippen LogP contribution in [-0.2, 0) is 11.3 Å². The molecule has 7 heteroatoms. The number of para-hydroxylation sites is 1. The minimum atomic E-state index is -0.0783. The van der Waals surface area contributed by atoms with E-state index in [4.69, 9.17) is 11.6 Å². The van der Waals surface area contributed by atoms with Gasteiger partial charge in [-0.2, -0.15) is 0 Å². The van der Waals surface area contributed by atoms with Gasteiger partial charge in [0.15, 0.2) is 0 Å². The van der Waals surface area contributed by atoms with E-state index in [1.54, 1.807) is 0 Å². The van der Waals surface area contributed by atoms with Gasteiger partial charge < -0.3 is 10.6 Å². The van der Waals surface area contributed by atoms with Crippen LogP contribution in [0.15, 0.2) is 72.0 Å². The molecule has 0 saturated heterocycles. The molecule has 0 saturated carbocycles. The standard InChI is InChI=1S/C19H17ClN4OS/c20-16-9-5-4-6-14(16)11-21-17-10-19(23-13-22-17)26-12-18(25)24-15-7-2-1-3-8-15/h1-10,13H,11-12H2,(H,24,25)(H,21,22,23). The van der Waals surface area contributed by atoms with Crippen LogP contribution in [0.4, 0.5) is 11.5 Å². The Kier molecular flexibility index (Phi) is 6.46. The van der Waals surface area contributed by atoms with Crippen LogP contribution in [0.3, 0.4) is 0 Å². The zero-order chi connectivity index (χ0) is 18.2. The highest BCUT2D eigenvalue weighted by atomic mass is 35.5. The first-order chi connectivity index (χ1) is 12.7. The Morgan fingerprint density at radius 3 is 2.62 bits per heavy atom. The monoisotopic (exact) mass is 384 g/mol. The molecule has 0 spiro atoms. The Labute approximate surface area is 161 Å². The van der Waals surface area contributed by atoms with Gasteiger partial charge >= 0.3 is 0 Å². The van der Waals surface area contributed by atoms with Crippen molar-refractivity contribution >= 4 is 40.8 Å². The van der Waals surface area contributed by atoms with Crippen molar-refractivity contribution in [2.24, 2.45) is 0 Å². The molecule has 2 N–H and O–H groups in total. The van der Waals surface area contributed by atoms with Gasteiger partial charge in [-0.1, -0.05) is 59.8 Å². The highest BCUT2D eigenvalue weighted by Gasteiger charge is 2.06. The predicted octanol–water partition coefficient (Wildman–Crippen LogP) is 4.47. The zero-order valence-electron chi connectivity index (χ0n) is 13.9. The van der Waals surface area contributed by atoms with Gasteiger partial charge in [0.1, 0.15) is 17.2 Å². The molecule has 1 heterocycles. The Balaban J connectivity index is 1.52. The number of benzene rings is 2. The number of amides is 1. The summed E-state index contributed by atoms with van der Waals surface area (Å²) >= 11 is 7.51. The van der Waals surface area contributed by atoms with Gasteiger partial charge in [0.2, 0.25) is 5.91 Å². The number of aromatic nitrogens is 2. The van der Waals surface area contributed by atoms with Crippen molar-refractivity contribution in [1.29, 1.82) is 0 Å². The minimum absolute atomic E-state index is 0.0783. The first kappa shape index (κ1) is 18.2. The molecule has 0 atom stereocenters. The van der Waals surface area contributed by atoms with Gasteiger partial charge in [-0.3, -0.25) is 4.79 Å². The smallest absolute Gasteiger partial charge is 0.234 e. The Hall–Kier alpha value is -2.57. The molecule has 1 aromatic heterocycles. The molecule has 0 bridgehead atoms. The number of halogens is 1. The maximum atomic E-state index is 12.0. The maximum Gasteiger partial charge on any atom is 0.234 e. The van der Waals surface area contributed by atoms with E-state index in [2.05, 4.69) is 20.6 Å². The first-order valence-electron chi connectivity index (χ1n) is 7.98. The quantitative estimate of drug-likeness (QED) is 0.464. The van der Waals surface area contributed by atoms with Gasteiger partial charge in [-0.15, -0.1) is 0 Å². The Bertz CT molecular complexity index is 876. The molecule has 26 heavy (non-hydrogen) atoms. The van der Waals surface area contributed by atoms with E-state index in [0.717, 1.165) is 16.3 Å². The molecular formula is C19H17ClN4OS. The third-order valence-corrected chi connectivity index (χ3v) is 4.76. The van der Waals surface area contributed by atoms with Gasteiger partial charge in [-0.25, -0.2) is 9.97 Å². The van der Waals surface area contributed by atoms with Crippen LogP contribution in [0.5, 0.6) is 0 Å². The summed E-state index contributed by atoms with van der Waals surface area (Å²) in [5, 5.41) is 7.50. The number of hydrogen-bond donors (Lipinski definition) is 2. The van der Waals surface area contributed by atoms with E-state index in [-0.39, 0.29) is 11.7 Å². The summed E-state index contributed by atoms with van der Waals surface area (Å²) in [6.07, 6.45) is 1.48. The third kappa shape index (κ3) is 5.47. The fourth-order valence-electron chi connectivity index (χ4n) is 2.20. The SMILES string of the molecule is O=C(CSc1cc(NCc2ccccc2Cl)ncn1)Nc1ccccc1. The van der Waals surface area contributed by atoms with Crippen molar-refractivity contribution in [2.45, 2.75) is 11.6 Å². The van der Waals surface area contributed by atoms with E-state index in [1.807, 2.05) is 60.7 Å². The number of nitrogens with one attached hydrogen (secondary N) is 2. The highest BCUT2D eigenvalue weighted by molar-refractivity contribution is 7.99. The number of carbonyl (C=O) groups excluding carboxylic acids is 1.